The molecule has 4 nitrogen and oxygen atoms in total. The highest BCUT2D eigenvalue weighted by Crippen LogP contribution is 2.36. The molecule has 2 unspecified atom stereocenters. The Labute approximate surface area is 117 Å². The highest BCUT2D eigenvalue weighted by molar-refractivity contribution is 6.02. The molecule has 20 heavy (non-hydrogen) atoms. The molecule has 0 spiro atoms. The second-order valence-electron chi connectivity index (χ2n) is 5.81. The third kappa shape index (κ3) is 2.26. The van der Waals surface area contributed by atoms with E-state index < -0.39 is 12.0 Å². The maximum atomic E-state index is 14.3. The largest absolute Gasteiger partial charge is 0.378 e. The van der Waals surface area contributed by atoms with Crippen LogP contribution in [0.2, 0.25) is 0 Å². The van der Waals surface area contributed by atoms with Gasteiger partial charge in [-0.2, -0.15) is 0 Å². The first kappa shape index (κ1) is 13.4. The van der Waals surface area contributed by atoms with E-state index in [0.717, 1.165) is 25.9 Å². The zero-order valence-corrected chi connectivity index (χ0v) is 11.5. The number of nitrogens with one attached hydrogen (secondary N) is 1. The normalized spacial score (nSPS) is 26.1. The van der Waals surface area contributed by atoms with E-state index >= 15 is 0 Å². The molecule has 5 heteroatoms. The first-order chi connectivity index (χ1) is 9.56. The molecule has 0 saturated carbocycles. The number of hydrogen-bond acceptors (Lipinski definition) is 3. The highest BCUT2D eigenvalue weighted by atomic mass is 19.1. The number of carbonyl (C=O) groups is 1. The summed E-state index contributed by atoms with van der Waals surface area (Å²) in [5.74, 6) is -0.186. The van der Waals surface area contributed by atoms with Crippen molar-refractivity contribution < 1.29 is 14.3 Å². The summed E-state index contributed by atoms with van der Waals surface area (Å²) >= 11 is 0. The fourth-order valence-corrected chi connectivity index (χ4v) is 3.00. The van der Waals surface area contributed by atoms with E-state index in [2.05, 4.69) is 12.2 Å². The number of halogens is 1. The second kappa shape index (κ2) is 5.05. The van der Waals surface area contributed by atoms with Crippen molar-refractivity contribution in [1.82, 2.24) is 0 Å². The number of amides is 1. The van der Waals surface area contributed by atoms with Gasteiger partial charge in [0.15, 0.2) is 6.10 Å². The molecule has 2 atom stereocenters. The summed E-state index contributed by atoms with van der Waals surface area (Å²) in [4.78, 5) is 13.5. The molecular formula is C15H19FN2O2. The Bertz CT molecular complexity index is 547. The van der Waals surface area contributed by atoms with Crippen molar-refractivity contribution in [2.24, 2.45) is 5.92 Å². The van der Waals surface area contributed by atoms with E-state index in [1.165, 1.54) is 12.5 Å². The number of aliphatic hydroxyl groups is 1. The summed E-state index contributed by atoms with van der Waals surface area (Å²) in [6.07, 6.45) is 2.01. The van der Waals surface area contributed by atoms with E-state index in [4.69, 9.17) is 0 Å². The molecule has 0 bridgehead atoms. The van der Waals surface area contributed by atoms with Gasteiger partial charge in [0.05, 0.1) is 5.69 Å². The molecule has 2 aliphatic rings. The highest BCUT2D eigenvalue weighted by Gasteiger charge is 2.30. The van der Waals surface area contributed by atoms with E-state index in [9.17, 15) is 14.3 Å². The first-order valence-corrected chi connectivity index (χ1v) is 7.13. The van der Waals surface area contributed by atoms with Crippen molar-refractivity contribution >= 4 is 17.3 Å². The number of benzene rings is 1. The summed E-state index contributed by atoms with van der Waals surface area (Å²) in [5.41, 5.74) is 1.38. The quantitative estimate of drug-likeness (QED) is 0.829. The van der Waals surface area contributed by atoms with Gasteiger partial charge in [0.25, 0.3) is 5.91 Å². The van der Waals surface area contributed by atoms with Gasteiger partial charge in [-0.05, 0) is 37.3 Å². The van der Waals surface area contributed by atoms with E-state index in [-0.39, 0.29) is 5.82 Å². The lowest BCUT2D eigenvalue weighted by Gasteiger charge is -2.24. The molecule has 108 valence electrons. The Morgan fingerprint density at radius 3 is 2.95 bits per heavy atom. The molecule has 1 fully saturated rings. The van der Waals surface area contributed by atoms with Crippen molar-refractivity contribution in [2.45, 2.75) is 32.3 Å². The fourth-order valence-electron chi connectivity index (χ4n) is 3.00. The standard InChI is InChI=1S/C15H19FN2O2/c1-9-3-2-5-18(6-4-9)13-8-12-10(7-11(13)16)14(19)15(20)17-12/h7-9,14,19H,2-6H2,1H3,(H,17,20). The molecule has 0 radical (unpaired) electrons. The lowest BCUT2D eigenvalue weighted by atomic mass is 10.0. The molecule has 3 rings (SSSR count). The number of nitrogens with zero attached hydrogens (tertiary/aromatic N) is 1. The smallest absolute Gasteiger partial charge is 0.257 e. The summed E-state index contributed by atoms with van der Waals surface area (Å²) in [6.45, 7) is 3.88. The van der Waals surface area contributed by atoms with Crippen molar-refractivity contribution in [3.8, 4) is 0 Å². The number of carbonyl (C=O) groups excluding carboxylic acids is 1. The van der Waals surface area contributed by atoms with Crippen molar-refractivity contribution in [3.05, 3.63) is 23.5 Å². The van der Waals surface area contributed by atoms with Crippen LogP contribution in [-0.4, -0.2) is 24.1 Å². The molecular weight excluding hydrogens is 259 g/mol. The second-order valence-corrected chi connectivity index (χ2v) is 5.81. The maximum absolute atomic E-state index is 14.3. The van der Waals surface area contributed by atoms with E-state index in [1.807, 2.05) is 4.90 Å². The van der Waals surface area contributed by atoms with Crippen LogP contribution in [-0.2, 0) is 4.79 Å². The Balaban J connectivity index is 1.91. The summed E-state index contributed by atoms with van der Waals surface area (Å²) in [6, 6.07) is 2.93. The molecule has 2 N–H and O–H groups in total. The van der Waals surface area contributed by atoms with Crippen LogP contribution in [0.15, 0.2) is 12.1 Å². The van der Waals surface area contributed by atoms with Crippen LogP contribution in [0.1, 0.15) is 37.9 Å². The lowest BCUT2D eigenvalue weighted by Crippen LogP contribution is -2.25. The molecule has 2 aliphatic heterocycles. The van der Waals surface area contributed by atoms with Gasteiger partial charge in [0, 0.05) is 24.3 Å². The number of fused-ring (bicyclic) bond motifs is 1. The fraction of sp³-hybridized carbons (Fsp3) is 0.533. The Morgan fingerprint density at radius 1 is 1.35 bits per heavy atom. The topological polar surface area (TPSA) is 52.6 Å². The van der Waals surface area contributed by atoms with Gasteiger partial charge >= 0.3 is 0 Å². The number of aliphatic hydroxyl groups excluding tert-OH is 1. The van der Waals surface area contributed by atoms with Crippen LogP contribution in [0.4, 0.5) is 15.8 Å². The monoisotopic (exact) mass is 278 g/mol. The number of hydrogen-bond donors (Lipinski definition) is 2. The minimum atomic E-state index is -1.25. The molecule has 1 amide bonds. The predicted molar refractivity (Wildman–Crippen MR) is 75.2 cm³/mol. The van der Waals surface area contributed by atoms with Gasteiger partial charge in [-0.25, -0.2) is 4.39 Å². The SMILES string of the molecule is CC1CCCN(c2cc3c(cc2F)C(O)C(=O)N3)CC1. The van der Waals surface area contributed by atoms with Crippen LogP contribution in [0.3, 0.4) is 0 Å². The van der Waals surface area contributed by atoms with Crippen molar-refractivity contribution in [1.29, 1.82) is 0 Å². The third-order valence-electron chi connectivity index (χ3n) is 4.28. The Kier molecular flexibility index (Phi) is 3.38. The Morgan fingerprint density at radius 2 is 2.15 bits per heavy atom. The minimum absolute atomic E-state index is 0.333. The van der Waals surface area contributed by atoms with Crippen LogP contribution >= 0.6 is 0 Å². The van der Waals surface area contributed by atoms with Crippen molar-refractivity contribution in [3.63, 3.8) is 0 Å². The van der Waals surface area contributed by atoms with E-state index in [1.54, 1.807) is 6.07 Å². The number of anilines is 2. The molecule has 2 heterocycles. The molecule has 1 aromatic rings. The van der Waals surface area contributed by atoms with Gasteiger partial charge in [-0.3, -0.25) is 4.79 Å². The Hall–Kier alpha value is -1.62. The number of rotatable bonds is 1. The summed E-state index contributed by atoms with van der Waals surface area (Å²) in [7, 11) is 0. The van der Waals surface area contributed by atoms with Gasteiger partial charge in [0.1, 0.15) is 5.82 Å². The third-order valence-corrected chi connectivity index (χ3v) is 4.28. The zero-order valence-electron chi connectivity index (χ0n) is 11.5. The van der Waals surface area contributed by atoms with Crippen molar-refractivity contribution in [2.75, 3.05) is 23.3 Å². The first-order valence-electron chi connectivity index (χ1n) is 7.13. The van der Waals surface area contributed by atoms with Crippen LogP contribution < -0.4 is 10.2 Å². The summed E-state index contributed by atoms with van der Waals surface area (Å²) in [5, 5.41) is 12.3. The lowest BCUT2D eigenvalue weighted by molar-refractivity contribution is -0.123. The van der Waals surface area contributed by atoms with E-state index in [0.29, 0.717) is 22.9 Å². The maximum Gasteiger partial charge on any atom is 0.257 e. The van der Waals surface area contributed by atoms with Gasteiger partial charge in [-0.15, -0.1) is 0 Å². The summed E-state index contributed by atoms with van der Waals surface area (Å²) < 4.78 is 14.3. The van der Waals surface area contributed by atoms with Gasteiger partial charge in [0.2, 0.25) is 0 Å². The predicted octanol–water partition coefficient (Wildman–Crippen LogP) is 2.44. The molecule has 0 aliphatic carbocycles. The van der Waals surface area contributed by atoms with Crippen LogP contribution in [0, 0.1) is 11.7 Å². The molecule has 0 aromatic heterocycles. The average Bonchev–Trinajstić information content (AvgIpc) is 2.60. The van der Waals surface area contributed by atoms with Crippen LogP contribution in [0.5, 0.6) is 0 Å². The molecule has 1 aromatic carbocycles. The van der Waals surface area contributed by atoms with Gasteiger partial charge in [-0.1, -0.05) is 6.92 Å². The van der Waals surface area contributed by atoms with Crippen LogP contribution in [0.25, 0.3) is 0 Å². The van der Waals surface area contributed by atoms with Gasteiger partial charge < -0.3 is 15.3 Å². The zero-order chi connectivity index (χ0) is 14.3. The minimum Gasteiger partial charge on any atom is -0.378 e. The average molecular weight is 278 g/mol. The molecule has 1 saturated heterocycles.